The number of anilines is 1. The Hall–Kier alpha value is -3.03. The number of fused-ring (bicyclic) bond motifs is 1. The van der Waals surface area contributed by atoms with Gasteiger partial charge in [-0.15, -0.1) is 0 Å². The molecule has 4 rings (SSSR count). The van der Waals surface area contributed by atoms with Crippen LogP contribution < -0.4 is 5.73 Å². The van der Waals surface area contributed by atoms with Crippen LogP contribution in [0.15, 0.2) is 36.5 Å². The number of nitrogens with two attached hydrogens (primary N) is 1. The van der Waals surface area contributed by atoms with Gasteiger partial charge in [-0.05, 0) is 0 Å². The number of nitriles is 1. The number of ether oxygens (including phenoxy) is 1. The maximum Gasteiger partial charge on any atom is 0.164 e. The lowest BCUT2D eigenvalue weighted by Crippen LogP contribution is -2.33. The molecule has 0 amide bonds. The molecule has 0 saturated carbocycles. The summed E-state index contributed by atoms with van der Waals surface area (Å²) in [5.74, 6) is 0.483. The molecular formula is C18H17N5O4. The zero-order valence-electron chi connectivity index (χ0n) is 14.1. The first-order valence-electron chi connectivity index (χ1n) is 8.31. The van der Waals surface area contributed by atoms with E-state index in [1.165, 1.54) is 10.8 Å². The topological polar surface area (TPSA) is 150 Å². The number of aromatic nitrogens is 3. The molecule has 0 radical (unpaired) electrons. The minimum absolute atomic E-state index is 0.126. The molecular weight excluding hydrogens is 350 g/mol. The minimum Gasteiger partial charge on any atom is -0.394 e. The van der Waals surface area contributed by atoms with Gasteiger partial charge in [-0.3, -0.25) is 0 Å². The first-order valence-corrected chi connectivity index (χ1v) is 8.31. The third kappa shape index (κ3) is 2.72. The number of hydrogen-bond donors (Lipinski definition) is 4. The van der Waals surface area contributed by atoms with Crippen LogP contribution in [0, 0.1) is 11.3 Å². The molecule has 3 aromatic rings. The van der Waals surface area contributed by atoms with Gasteiger partial charge in [0.2, 0.25) is 0 Å². The first kappa shape index (κ1) is 17.4. The lowest BCUT2D eigenvalue weighted by atomic mass is 10.1. The molecule has 0 spiro atoms. The summed E-state index contributed by atoms with van der Waals surface area (Å²) in [5.41, 5.74) is 7.35. The summed E-state index contributed by atoms with van der Waals surface area (Å²) in [7, 11) is 0. The van der Waals surface area contributed by atoms with E-state index in [9.17, 15) is 20.6 Å². The number of aliphatic hydroxyl groups excluding tert-OH is 3. The maximum atomic E-state index is 10.3. The van der Waals surface area contributed by atoms with E-state index in [2.05, 4.69) is 9.97 Å². The minimum atomic E-state index is -1.30. The van der Waals surface area contributed by atoms with Gasteiger partial charge < -0.3 is 30.4 Å². The quantitative estimate of drug-likeness (QED) is 0.511. The van der Waals surface area contributed by atoms with Crippen molar-refractivity contribution in [2.75, 3.05) is 12.3 Å². The van der Waals surface area contributed by atoms with Crippen LogP contribution in [0.5, 0.6) is 0 Å². The van der Waals surface area contributed by atoms with Crippen LogP contribution in [0.25, 0.3) is 22.4 Å². The molecule has 0 aliphatic carbocycles. The van der Waals surface area contributed by atoms with Crippen molar-refractivity contribution in [3.05, 3.63) is 42.1 Å². The van der Waals surface area contributed by atoms with Crippen LogP contribution >= 0.6 is 0 Å². The van der Waals surface area contributed by atoms with Crippen molar-refractivity contribution in [3.8, 4) is 17.5 Å². The summed E-state index contributed by atoms with van der Waals surface area (Å²) in [6.45, 7) is -0.453. The predicted molar refractivity (Wildman–Crippen MR) is 95.1 cm³/mol. The lowest BCUT2D eigenvalue weighted by molar-refractivity contribution is -0.0508. The highest BCUT2D eigenvalue weighted by Crippen LogP contribution is 2.35. The monoisotopic (exact) mass is 367 g/mol. The van der Waals surface area contributed by atoms with E-state index in [4.69, 9.17) is 10.5 Å². The third-order valence-corrected chi connectivity index (χ3v) is 4.64. The van der Waals surface area contributed by atoms with Crippen LogP contribution in [-0.4, -0.2) is 54.8 Å². The number of rotatable bonds is 3. The van der Waals surface area contributed by atoms with Gasteiger partial charge in [0.05, 0.1) is 17.6 Å². The Kier molecular flexibility index (Phi) is 4.25. The van der Waals surface area contributed by atoms with Crippen LogP contribution in [0.1, 0.15) is 11.8 Å². The molecule has 9 nitrogen and oxygen atoms in total. The van der Waals surface area contributed by atoms with Crippen molar-refractivity contribution in [3.63, 3.8) is 0 Å². The van der Waals surface area contributed by atoms with E-state index in [1.807, 2.05) is 36.4 Å². The van der Waals surface area contributed by atoms with Crippen molar-refractivity contribution >= 4 is 16.9 Å². The molecule has 1 aromatic carbocycles. The van der Waals surface area contributed by atoms with E-state index in [0.717, 1.165) is 5.56 Å². The lowest BCUT2D eigenvalue weighted by Gasteiger charge is -2.17. The molecule has 1 saturated heterocycles. The Bertz CT molecular complexity index is 1030. The highest BCUT2D eigenvalue weighted by Gasteiger charge is 2.44. The second-order valence-corrected chi connectivity index (χ2v) is 6.29. The number of benzene rings is 1. The van der Waals surface area contributed by atoms with Gasteiger partial charge in [0, 0.05) is 11.8 Å². The van der Waals surface area contributed by atoms with Gasteiger partial charge in [-0.25, -0.2) is 9.97 Å². The van der Waals surface area contributed by atoms with Crippen molar-refractivity contribution in [2.45, 2.75) is 24.5 Å². The van der Waals surface area contributed by atoms with Crippen LogP contribution in [0.3, 0.4) is 0 Å². The van der Waals surface area contributed by atoms with Gasteiger partial charge in [0.15, 0.2) is 12.1 Å². The Morgan fingerprint density at radius 2 is 1.93 bits per heavy atom. The molecule has 5 N–H and O–H groups in total. The van der Waals surface area contributed by atoms with E-state index >= 15 is 0 Å². The number of nitrogen functional groups attached to an aromatic ring is 1. The van der Waals surface area contributed by atoms with E-state index in [1.54, 1.807) is 0 Å². The zero-order valence-corrected chi connectivity index (χ0v) is 14.1. The predicted octanol–water partition coefficient (Wildman–Crippen LogP) is 0.164. The second kappa shape index (κ2) is 6.61. The Labute approximate surface area is 153 Å². The molecule has 138 valence electrons. The van der Waals surface area contributed by atoms with Crippen molar-refractivity contribution < 1.29 is 20.1 Å². The van der Waals surface area contributed by atoms with E-state index in [-0.39, 0.29) is 11.4 Å². The normalized spacial score (nSPS) is 25.0. The van der Waals surface area contributed by atoms with Gasteiger partial charge in [-0.2, -0.15) is 5.26 Å². The smallest absolute Gasteiger partial charge is 0.164 e. The van der Waals surface area contributed by atoms with Gasteiger partial charge in [-0.1, -0.05) is 30.3 Å². The van der Waals surface area contributed by atoms with E-state index < -0.39 is 31.1 Å². The standard InChI is InChI=1S/C18H17N5O4/c19-6-10-7-23(18-14(26)13(25)11(8-24)27-18)17-12(10)15(20)21-16(22-17)9-4-2-1-3-5-9/h1-5,7,11,13-14,18,24-26H,8H2,(H2,20,21,22)/t11-,13-,14-,18-/m1/s1. The number of aliphatic hydroxyl groups is 3. The molecule has 9 heteroatoms. The Balaban J connectivity index is 1.91. The fraction of sp³-hybridized carbons (Fsp3) is 0.278. The summed E-state index contributed by atoms with van der Waals surface area (Å²) in [6.07, 6.45) is -3.10. The first-order chi connectivity index (χ1) is 13.0. The molecule has 4 atom stereocenters. The molecule has 0 unspecified atom stereocenters. The highest BCUT2D eigenvalue weighted by molar-refractivity contribution is 5.93. The molecule has 1 aliphatic heterocycles. The SMILES string of the molecule is N#Cc1cn([C@@H]2O[C@H](CO)[C@@H](O)[C@H]2O)c2nc(-c3ccccc3)nc(N)c12. The zero-order chi connectivity index (χ0) is 19.1. The van der Waals surface area contributed by atoms with Crippen LogP contribution in [0.2, 0.25) is 0 Å². The van der Waals surface area contributed by atoms with Crippen molar-refractivity contribution in [2.24, 2.45) is 0 Å². The molecule has 0 bridgehead atoms. The summed E-state index contributed by atoms with van der Waals surface area (Å²) < 4.78 is 7.02. The highest BCUT2D eigenvalue weighted by atomic mass is 16.6. The van der Waals surface area contributed by atoms with Gasteiger partial charge in [0.25, 0.3) is 0 Å². The summed E-state index contributed by atoms with van der Waals surface area (Å²) in [6, 6.07) is 11.2. The Morgan fingerprint density at radius 1 is 1.19 bits per heavy atom. The average molecular weight is 367 g/mol. The Morgan fingerprint density at radius 3 is 2.56 bits per heavy atom. The van der Waals surface area contributed by atoms with E-state index in [0.29, 0.717) is 16.9 Å². The van der Waals surface area contributed by atoms with Crippen molar-refractivity contribution in [1.82, 2.24) is 14.5 Å². The fourth-order valence-electron chi connectivity index (χ4n) is 3.28. The summed E-state index contributed by atoms with van der Waals surface area (Å²) in [5, 5.41) is 39.5. The van der Waals surface area contributed by atoms with Gasteiger partial charge >= 0.3 is 0 Å². The van der Waals surface area contributed by atoms with Crippen LogP contribution in [0.4, 0.5) is 5.82 Å². The summed E-state index contributed by atoms with van der Waals surface area (Å²) >= 11 is 0. The third-order valence-electron chi connectivity index (χ3n) is 4.64. The number of hydrogen-bond acceptors (Lipinski definition) is 8. The average Bonchev–Trinajstić information content (AvgIpc) is 3.20. The molecule has 1 fully saturated rings. The maximum absolute atomic E-state index is 10.3. The molecule has 1 aliphatic rings. The molecule has 27 heavy (non-hydrogen) atoms. The number of nitrogens with zero attached hydrogens (tertiary/aromatic N) is 4. The van der Waals surface area contributed by atoms with Crippen molar-refractivity contribution in [1.29, 1.82) is 5.26 Å². The van der Waals surface area contributed by atoms with Gasteiger partial charge in [0.1, 0.15) is 35.8 Å². The summed E-state index contributed by atoms with van der Waals surface area (Å²) in [4.78, 5) is 8.81. The largest absolute Gasteiger partial charge is 0.394 e. The molecule has 2 aromatic heterocycles. The second-order valence-electron chi connectivity index (χ2n) is 6.29. The molecule has 3 heterocycles. The van der Waals surface area contributed by atoms with Crippen LogP contribution in [-0.2, 0) is 4.74 Å². The fourth-order valence-corrected chi connectivity index (χ4v) is 3.28.